The Balaban J connectivity index is 2.79. The number of nitrogens with two attached hydrogens (primary N) is 1. The van der Waals surface area contributed by atoms with Gasteiger partial charge >= 0.3 is 0 Å². The first kappa shape index (κ1) is 17.8. The van der Waals surface area contributed by atoms with Crippen LogP contribution in [0.3, 0.4) is 0 Å². The smallest absolute Gasteiger partial charge is 0.282 e. The summed E-state index contributed by atoms with van der Waals surface area (Å²) >= 11 is 0. The monoisotopic (exact) mass is 307 g/mol. The van der Waals surface area contributed by atoms with Gasteiger partial charge in [0.1, 0.15) is 0 Å². The van der Waals surface area contributed by atoms with Gasteiger partial charge in [-0.1, -0.05) is 13.8 Å². The van der Waals surface area contributed by atoms with E-state index in [4.69, 9.17) is 10.5 Å². The van der Waals surface area contributed by atoms with Crippen LogP contribution < -0.4 is 5.73 Å². The first-order valence-electron chi connectivity index (χ1n) is 7.36. The van der Waals surface area contributed by atoms with Crippen molar-refractivity contribution in [2.24, 2.45) is 17.6 Å². The Hall–Kier alpha value is -0.210. The van der Waals surface area contributed by atoms with E-state index in [1.54, 1.807) is 15.7 Å². The lowest BCUT2D eigenvalue weighted by Gasteiger charge is -2.35. The van der Waals surface area contributed by atoms with E-state index < -0.39 is 10.2 Å². The molecule has 1 heterocycles. The first-order valence-corrected chi connectivity index (χ1v) is 8.75. The predicted molar refractivity (Wildman–Crippen MR) is 80.6 cm³/mol. The molecular formula is C13H29N3O3S. The van der Waals surface area contributed by atoms with Crippen molar-refractivity contribution in [1.29, 1.82) is 0 Å². The Morgan fingerprint density at radius 2 is 2.15 bits per heavy atom. The second-order valence-corrected chi connectivity index (χ2v) is 7.78. The standard InChI is InChI=1S/C13H29N3O3S/c1-12(2)10-16(7-8-19-3)20(17,18)15-6-4-5-13(9-14)11-15/h12-13H,4-11,14H2,1-3H3. The molecule has 7 heteroatoms. The van der Waals surface area contributed by atoms with Gasteiger partial charge in [0.05, 0.1) is 6.61 Å². The van der Waals surface area contributed by atoms with Crippen molar-refractivity contribution >= 4 is 10.2 Å². The van der Waals surface area contributed by atoms with Gasteiger partial charge in [-0.25, -0.2) is 0 Å². The van der Waals surface area contributed by atoms with Gasteiger partial charge in [-0.3, -0.25) is 0 Å². The molecule has 0 aromatic heterocycles. The molecule has 0 saturated carbocycles. The highest BCUT2D eigenvalue weighted by atomic mass is 32.2. The summed E-state index contributed by atoms with van der Waals surface area (Å²) in [5.74, 6) is 0.568. The van der Waals surface area contributed by atoms with Crippen LogP contribution in [0.15, 0.2) is 0 Å². The Bertz CT molecular complexity index is 373. The molecule has 1 aliphatic rings. The second kappa shape index (κ2) is 8.29. The molecule has 0 aliphatic carbocycles. The minimum atomic E-state index is -3.40. The van der Waals surface area contributed by atoms with Crippen molar-refractivity contribution in [3.8, 4) is 0 Å². The van der Waals surface area contributed by atoms with Crippen molar-refractivity contribution in [1.82, 2.24) is 8.61 Å². The molecule has 1 unspecified atom stereocenters. The molecule has 0 aromatic rings. The van der Waals surface area contributed by atoms with Crippen LogP contribution >= 0.6 is 0 Å². The topological polar surface area (TPSA) is 75.9 Å². The summed E-state index contributed by atoms with van der Waals surface area (Å²) < 4.78 is 33.7. The molecule has 1 rings (SSSR count). The molecule has 1 fully saturated rings. The number of rotatable bonds is 8. The summed E-state index contributed by atoms with van der Waals surface area (Å²) in [6, 6.07) is 0. The number of piperidine rings is 1. The summed E-state index contributed by atoms with van der Waals surface area (Å²) in [5, 5.41) is 0. The SMILES string of the molecule is COCCN(CC(C)C)S(=O)(=O)N1CCCC(CN)C1. The molecule has 0 bridgehead atoms. The summed E-state index contributed by atoms with van der Waals surface area (Å²) in [4.78, 5) is 0. The number of methoxy groups -OCH3 is 1. The quantitative estimate of drug-likeness (QED) is 0.709. The van der Waals surface area contributed by atoms with Gasteiger partial charge < -0.3 is 10.5 Å². The fraction of sp³-hybridized carbons (Fsp3) is 1.00. The van der Waals surface area contributed by atoms with Gasteiger partial charge in [0.2, 0.25) is 0 Å². The highest BCUT2D eigenvalue weighted by Gasteiger charge is 2.33. The Labute approximate surface area is 123 Å². The van der Waals surface area contributed by atoms with E-state index in [-0.39, 0.29) is 11.8 Å². The summed E-state index contributed by atoms with van der Waals surface area (Å²) in [6.45, 7) is 7.08. The van der Waals surface area contributed by atoms with E-state index in [1.807, 2.05) is 13.8 Å². The largest absolute Gasteiger partial charge is 0.383 e. The van der Waals surface area contributed by atoms with Gasteiger partial charge in [0.15, 0.2) is 0 Å². The molecule has 0 aromatic carbocycles. The zero-order valence-electron chi connectivity index (χ0n) is 12.9. The maximum atomic E-state index is 12.7. The summed E-state index contributed by atoms with van der Waals surface area (Å²) in [7, 11) is -1.81. The molecular weight excluding hydrogens is 278 g/mol. The Morgan fingerprint density at radius 1 is 1.45 bits per heavy atom. The van der Waals surface area contributed by atoms with Gasteiger partial charge in [-0.2, -0.15) is 17.0 Å². The maximum absolute atomic E-state index is 12.7. The average Bonchev–Trinajstić information content (AvgIpc) is 2.43. The highest BCUT2D eigenvalue weighted by molar-refractivity contribution is 7.86. The van der Waals surface area contributed by atoms with Crippen LogP contribution in [0.25, 0.3) is 0 Å². The molecule has 1 aliphatic heterocycles. The van der Waals surface area contributed by atoms with Gasteiger partial charge in [-0.05, 0) is 31.2 Å². The van der Waals surface area contributed by atoms with Crippen molar-refractivity contribution in [2.45, 2.75) is 26.7 Å². The predicted octanol–water partition coefficient (Wildman–Crippen LogP) is 0.506. The molecule has 0 amide bonds. The Morgan fingerprint density at radius 3 is 2.70 bits per heavy atom. The lowest BCUT2D eigenvalue weighted by molar-refractivity contribution is 0.168. The number of hydrogen-bond donors (Lipinski definition) is 1. The van der Waals surface area contributed by atoms with Gasteiger partial charge in [0, 0.05) is 33.3 Å². The fourth-order valence-electron chi connectivity index (χ4n) is 2.49. The van der Waals surface area contributed by atoms with Gasteiger partial charge in [0.25, 0.3) is 10.2 Å². The third-order valence-electron chi connectivity index (χ3n) is 3.58. The minimum Gasteiger partial charge on any atom is -0.383 e. The molecule has 0 spiro atoms. The van der Waals surface area contributed by atoms with E-state index in [0.29, 0.717) is 39.3 Å². The molecule has 20 heavy (non-hydrogen) atoms. The van der Waals surface area contributed by atoms with Crippen LogP contribution in [-0.4, -0.2) is 63.5 Å². The molecule has 1 atom stereocenters. The fourth-order valence-corrected chi connectivity index (χ4v) is 4.37. The zero-order valence-corrected chi connectivity index (χ0v) is 13.7. The summed E-state index contributed by atoms with van der Waals surface area (Å²) in [5.41, 5.74) is 5.69. The van der Waals surface area contributed by atoms with E-state index in [1.165, 1.54) is 0 Å². The Kier molecular flexibility index (Phi) is 7.39. The van der Waals surface area contributed by atoms with Crippen LogP contribution in [0.1, 0.15) is 26.7 Å². The molecule has 1 saturated heterocycles. The molecule has 120 valence electrons. The van der Waals surface area contributed by atoms with E-state index in [0.717, 1.165) is 12.8 Å². The van der Waals surface area contributed by atoms with Crippen molar-refractivity contribution < 1.29 is 13.2 Å². The van der Waals surface area contributed by atoms with E-state index in [9.17, 15) is 8.42 Å². The number of hydrogen-bond acceptors (Lipinski definition) is 4. The third kappa shape index (κ3) is 4.96. The van der Waals surface area contributed by atoms with Crippen LogP contribution in [0, 0.1) is 11.8 Å². The molecule has 6 nitrogen and oxygen atoms in total. The maximum Gasteiger partial charge on any atom is 0.282 e. The number of ether oxygens (including phenoxy) is 1. The van der Waals surface area contributed by atoms with E-state index in [2.05, 4.69) is 0 Å². The molecule has 2 N–H and O–H groups in total. The second-order valence-electron chi connectivity index (χ2n) is 5.85. The highest BCUT2D eigenvalue weighted by Crippen LogP contribution is 2.21. The first-order chi connectivity index (χ1) is 9.41. The van der Waals surface area contributed by atoms with Crippen LogP contribution in [-0.2, 0) is 14.9 Å². The summed E-state index contributed by atoms with van der Waals surface area (Å²) in [6.07, 6.45) is 1.91. The average molecular weight is 307 g/mol. The van der Waals surface area contributed by atoms with Crippen molar-refractivity contribution in [3.05, 3.63) is 0 Å². The lowest BCUT2D eigenvalue weighted by Crippen LogP contribution is -2.50. The van der Waals surface area contributed by atoms with Crippen LogP contribution in [0.4, 0.5) is 0 Å². The van der Waals surface area contributed by atoms with Crippen molar-refractivity contribution in [2.75, 3.05) is 46.4 Å². The van der Waals surface area contributed by atoms with Gasteiger partial charge in [-0.15, -0.1) is 0 Å². The zero-order chi connectivity index (χ0) is 15.2. The van der Waals surface area contributed by atoms with Crippen LogP contribution in [0.5, 0.6) is 0 Å². The minimum absolute atomic E-state index is 0.279. The number of nitrogens with zero attached hydrogens (tertiary/aromatic N) is 2. The third-order valence-corrected chi connectivity index (χ3v) is 5.55. The lowest BCUT2D eigenvalue weighted by atomic mass is 10.0. The van der Waals surface area contributed by atoms with E-state index >= 15 is 0 Å². The molecule has 0 radical (unpaired) electrons. The van der Waals surface area contributed by atoms with Crippen LogP contribution in [0.2, 0.25) is 0 Å². The van der Waals surface area contributed by atoms with Crippen molar-refractivity contribution in [3.63, 3.8) is 0 Å². The normalized spacial score (nSPS) is 21.8.